The van der Waals surface area contributed by atoms with Crippen molar-refractivity contribution in [3.05, 3.63) is 67.9 Å². The fourth-order valence-corrected chi connectivity index (χ4v) is 5.27. The maximum absolute atomic E-state index is 14.0. The van der Waals surface area contributed by atoms with E-state index in [9.17, 15) is 29.6 Å². The molecule has 0 amide bonds. The quantitative estimate of drug-likeness (QED) is 0.302. The van der Waals surface area contributed by atoms with Crippen LogP contribution < -0.4 is 14.2 Å². The number of hydrogen-bond donors (Lipinski definition) is 1. The lowest BCUT2D eigenvalue weighted by molar-refractivity contribution is -0.384. The Morgan fingerprint density at radius 2 is 1.84 bits per heavy atom. The van der Waals surface area contributed by atoms with Crippen LogP contribution in [0.4, 0.5) is 5.69 Å². The Kier molecular flexibility index (Phi) is 7.07. The average Bonchev–Trinajstić information content (AvgIpc) is 3.22. The SMILES string of the molecule is COC(=O)CC(C1=C(O)C2(Oc3c(Cl)c(OC)cc(OC)c3C2=O)C(C)CC1=O)c1ccc([N+](=O)[O-])cc1. The maximum atomic E-state index is 14.0. The molecular formula is C26H24ClNO10. The smallest absolute Gasteiger partial charge is 0.306 e. The third kappa shape index (κ3) is 4.03. The van der Waals surface area contributed by atoms with Crippen molar-refractivity contribution < 1.29 is 43.4 Å². The van der Waals surface area contributed by atoms with Gasteiger partial charge in [0.15, 0.2) is 17.3 Å². The topological polar surface area (TPSA) is 152 Å². The first kappa shape index (κ1) is 26.9. The van der Waals surface area contributed by atoms with E-state index in [1.807, 2.05) is 0 Å². The standard InChI is InChI=1S/C26H24ClNO10/c1-12-9-16(29)20(15(10-19(30)37-4)13-5-7-14(8-6-13)28(33)34)24(31)26(12)25(32)21-17(35-2)11-18(36-3)22(27)23(21)38-26/h5-8,11-12,15,31H,9-10H2,1-4H3. The number of nitro benzene ring substituents is 1. The van der Waals surface area contributed by atoms with Crippen LogP contribution in [0.2, 0.25) is 5.02 Å². The molecule has 0 fully saturated rings. The number of non-ortho nitro benzene ring substituents is 1. The van der Waals surface area contributed by atoms with E-state index < -0.39 is 45.7 Å². The number of aliphatic hydroxyl groups excluding tert-OH is 1. The number of ketones is 2. The van der Waals surface area contributed by atoms with Crippen LogP contribution in [0.15, 0.2) is 41.7 Å². The number of rotatable bonds is 7. The highest BCUT2D eigenvalue weighted by molar-refractivity contribution is 6.35. The number of ether oxygens (including phenoxy) is 4. The normalized spacial score (nSPS) is 21.1. The Balaban J connectivity index is 1.94. The first-order valence-corrected chi connectivity index (χ1v) is 11.9. The van der Waals surface area contributed by atoms with Crippen LogP contribution in [-0.2, 0) is 14.3 Å². The molecule has 11 nitrogen and oxygen atoms in total. The Morgan fingerprint density at radius 1 is 1.21 bits per heavy atom. The predicted octanol–water partition coefficient (Wildman–Crippen LogP) is 4.35. The number of benzene rings is 2. The number of halogens is 1. The monoisotopic (exact) mass is 545 g/mol. The highest BCUT2D eigenvalue weighted by Crippen LogP contribution is 2.55. The Morgan fingerprint density at radius 3 is 2.39 bits per heavy atom. The molecule has 0 radical (unpaired) electrons. The molecule has 0 aromatic heterocycles. The first-order chi connectivity index (χ1) is 18.0. The maximum Gasteiger partial charge on any atom is 0.306 e. The van der Waals surface area contributed by atoms with Crippen molar-refractivity contribution in [2.75, 3.05) is 21.3 Å². The van der Waals surface area contributed by atoms with Crippen molar-refractivity contribution in [2.24, 2.45) is 5.92 Å². The van der Waals surface area contributed by atoms with Gasteiger partial charge in [0.1, 0.15) is 22.1 Å². The van der Waals surface area contributed by atoms with Crippen LogP contribution in [-0.4, -0.2) is 54.5 Å². The number of Topliss-reactive ketones (excluding diaryl/α,β-unsaturated/α-hetero) is 2. The molecule has 1 N–H and O–H groups in total. The molecule has 38 heavy (non-hydrogen) atoms. The molecule has 0 bridgehead atoms. The van der Waals surface area contributed by atoms with E-state index in [-0.39, 0.29) is 51.9 Å². The van der Waals surface area contributed by atoms with Gasteiger partial charge in [-0.2, -0.15) is 0 Å². The molecule has 0 saturated heterocycles. The minimum Gasteiger partial charge on any atom is -0.507 e. The van der Waals surface area contributed by atoms with Gasteiger partial charge in [-0.15, -0.1) is 0 Å². The number of fused-ring (bicyclic) bond motifs is 1. The van der Waals surface area contributed by atoms with E-state index in [1.165, 1.54) is 44.6 Å². The van der Waals surface area contributed by atoms with Gasteiger partial charge in [-0.1, -0.05) is 30.7 Å². The van der Waals surface area contributed by atoms with Crippen LogP contribution in [0.3, 0.4) is 0 Å². The van der Waals surface area contributed by atoms with Crippen molar-refractivity contribution in [3.8, 4) is 17.2 Å². The molecule has 2 aromatic carbocycles. The molecule has 12 heteroatoms. The highest BCUT2D eigenvalue weighted by Gasteiger charge is 2.61. The fourth-order valence-electron chi connectivity index (χ4n) is 5.00. The molecule has 200 valence electrons. The molecule has 1 aliphatic carbocycles. The van der Waals surface area contributed by atoms with Crippen molar-refractivity contribution >= 4 is 34.8 Å². The van der Waals surface area contributed by atoms with Crippen molar-refractivity contribution in [1.29, 1.82) is 0 Å². The van der Waals surface area contributed by atoms with Gasteiger partial charge in [0.25, 0.3) is 5.69 Å². The lowest BCUT2D eigenvalue weighted by Gasteiger charge is -2.38. The summed E-state index contributed by atoms with van der Waals surface area (Å²) in [7, 11) is 3.88. The Hall–Kier alpha value is -4.12. The summed E-state index contributed by atoms with van der Waals surface area (Å²) in [6, 6.07) is 6.60. The first-order valence-electron chi connectivity index (χ1n) is 11.5. The van der Waals surface area contributed by atoms with E-state index in [0.717, 1.165) is 7.11 Å². The van der Waals surface area contributed by atoms with E-state index >= 15 is 0 Å². The summed E-state index contributed by atoms with van der Waals surface area (Å²) in [5.74, 6) is -4.29. The molecule has 2 aromatic rings. The van der Waals surface area contributed by atoms with E-state index in [4.69, 9.17) is 30.5 Å². The highest BCUT2D eigenvalue weighted by atomic mass is 35.5. The second-order valence-corrected chi connectivity index (χ2v) is 9.32. The van der Waals surface area contributed by atoms with Crippen LogP contribution in [0.1, 0.15) is 41.6 Å². The summed E-state index contributed by atoms with van der Waals surface area (Å²) in [5, 5.41) is 22.8. The van der Waals surface area contributed by atoms with Crippen LogP contribution >= 0.6 is 11.6 Å². The minimum atomic E-state index is -2.04. The Labute approximate surface area is 222 Å². The largest absolute Gasteiger partial charge is 0.507 e. The molecule has 0 saturated carbocycles. The summed E-state index contributed by atoms with van der Waals surface area (Å²) in [6.45, 7) is 1.58. The zero-order valence-electron chi connectivity index (χ0n) is 20.9. The van der Waals surface area contributed by atoms with E-state index in [2.05, 4.69) is 0 Å². The Bertz CT molecular complexity index is 1380. The van der Waals surface area contributed by atoms with Crippen molar-refractivity contribution in [3.63, 3.8) is 0 Å². The van der Waals surface area contributed by atoms with Gasteiger partial charge < -0.3 is 24.1 Å². The summed E-state index contributed by atoms with van der Waals surface area (Å²) in [4.78, 5) is 50.2. The zero-order chi connectivity index (χ0) is 27.9. The predicted molar refractivity (Wildman–Crippen MR) is 133 cm³/mol. The van der Waals surface area contributed by atoms with Crippen molar-refractivity contribution in [1.82, 2.24) is 0 Å². The number of nitro groups is 1. The van der Waals surface area contributed by atoms with Gasteiger partial charge in [-0.3, -0.25) is 24.5 Å². The zero-order valence-corrected chi connectivity index (χ0v) is 21.7. The van der Waals surface area contributed by atoms with E-state index in [1.54, 1.807) is 6.92 Å². The number of aliphatic hydroxyl groups is 1. The third-order valence-corrected chi connectivity index (χ3v) is 7.32. The molecule has 2 aliphatic rings. The molecule has 3 atom stereocenters. The minimum absolute atomic E-state index is 0.0199. The molecule has 1 aliphatic heterocycles. The van der Waals surface area contributed by atoms with Crippen LogP contribution in [0.25, 0.3) is 0 Å². The summed E-state index contributed by atoms with van der Waals surface area (Å²) in [6.07, 6.45) is -0.593. The average molecular weight is 546 g/mol. The van der Waals surface area contributed by atoms with Gasteiger partial charge in [0.05, 0.1) is 32.7 Å². The van der Waals surface area contributed by atoms with Gasteiger partial charge in [-0.25, -0.2) is 0 Å². The summed E-state index contributed by atoms with van der Waals surface area (Å²) < 4.78 is 21.6. The van der Waals surface area contributed by atoms with Crippen LogP contribution in [0, 0.1) is 16.0 Å². The number of hydrogen-bond acceptors (Lipinski definition) is 10. The summed E-state index contributed by atoms with van der Waals surface area (Å²) in [5.41, 5.74) is -2.18. The summed E-state index contributed by atoms with van der Waals surface area (Å²) >= 11 is 6.46. The second-order valence-electron chi connectivity index (χ2n) is 8.94. The molecular weight excluding hydrogens is 522 g/mol. The van der Waals surface area contributed by atoms with Gasteiger partial charge in [-0.05, 0) is 5.56 Å². The number of carbonyl (C=O) groups is 3. The lowest BCUT2D eigenvalue weighted by Crippen LogP contribution is -2.53. The lowest BCUT2D eigenvalue weighted by atomic mass is 9.69. The van der Waals surface area contributed by atoms with Crippen LogP contribution in [0.5, 0.6) is 17.2 Å². The number of esters is 1. The van der Waals surface area contributed by atoms with Gasteiger partial charge >= 0.3 is 5.97 Å². The second kappa shape index (κ2) is 9.97. The molecule has 1 heterocycles. The van der Waals surface area contributed by atoms with E-state index in [0.29, 0.717) is 5.56 Å². The number of methoxy groups -OCH3 is 3. The number of allylic oxidation sites excluding steroid dienone is 1. The van der Waals surface area contributed by atoms with Gasteiger partial charge in [0.2, 0.25) is 11.4 Å². The number of nitrogens with zero attached hydrogens (tertiary/aromatic N) is 1. The third-order valence-electron chi connectivity index (χ3n) is 6.96. The molecule has 1 spiro atoms. The van der Waals surface area contributed by atoms with Crippen molar-refractivity contribution in [2.45, 2.75) is 31.3 Å². The molecule has 3 unspecified atom stereocenters. The fraction of sp³-hybridized carbons (Fsp3) is 0.346. The molecule has 4 rings (SSSR count). The van der Waals surface area contributed by atoms with Gasteiger partial charge in [0, 0.05) is 42.0 Å². The number of carbonyl (C=O) groups excluding carboxylic acids is 3.